The summed E-state index contributed by atoms with van der Waals surface area (Å²) in [6, 6.07) is 19.7. The Balaban J connectivity index is 1.57. The zero-order valence-electron chi connectivity index (χ0n) is 15.6. The molecule has 0 fully saturated rings. The summed E-state index contributed by atoms with van der Waals surface area (Å²) in [5, 5.41) is 7.52. The highest BCUT2D eigenvalue weighted by molar-refractivity contribution is 5.99. The van der Waals surface area contributed by atoms with Crippen molar-refractivity contribution in [1.82, 2.24) is 20.1 Å². The number of halogens is 1. The Bertz CT molecular complexity index is 1110. The van der Waals surface area contributed by atoms with E-state index in [2.05, 4.69) is 15.4 Å². The lowest BCUT2D eigenvalue weighted by atomic mass is 10.1. The average molecular weight is 386 g/mol. The molecule has 0 spiro atoms. The number of carbonyl (C=O) groups is 1. The Labute approximate surface area is 167 Å². The molecule has 1 N–H and O–H groups in total. The predicted octanol–water partition coefficient (Wildman–Crippen LogP) is 4.05. The molecule has 0 saturated carbocycles. The van der Waals surface area contributed by atoms with E-state index < -0.39 is 0 Å². The molecule has 2 aromatic heterocycles. The standard InChI is InChI=1S/C23H19FN4O/c24-19-8-4-6-17(14-19)11-13-26-23(29)21-16-28(20-9-2-1-3-10-20)27-22(21)18-7-5-12-25-15-18/h1-10,12,14-16H,11,13H2,(H,26,29). The third-order valence-electron chi connectivity index (χ3n) is 4.50. The molecular weight excluding hydrogens is 367 g/mol. The van der Waals surface area contributed by atoms with Crippen molar-refractivity contribution in [1.29, 1.82) is 0 Å². The van der Waals surface area contributed by atoms with Gasteiger partial charge in [-0.1, -0.05) is 30.3 Å². The number of nitrogens with zero attached hydrogens (tertiary/aromatic N) is 3. The van der Waals surface area contributed by atoms with Crippen molar-refractivity contribution in [2.45, 2.75) is 6.42 Å². The van der Waals surface area contributed by atoms with Gasteiger partial charge in [-0.3, -0.25) is 9.78 Å². The van der Waals surface area contributed by atoms with Crippen LogP contribution < -0.4 is 5.32 Å². The van der Waals surface area contributed by atoms with Gasteiger partial charge in [0.05, 0.1) is 11.3 Å². The molecule has 1 amide bonds. The number of carbonyl (C=O) groups excluding carboxylic acids is 1. The normalized spacial score (nSPS) is 10.7. The second kappa shape index (κ2) is 8.48. The molecule has 0 bridgehead atoms. The van der Waals surface area contributed by atoms with Crippen LogP contribution in [0, 0.1) is 5.82 Å². The van der Waals surface area contributed by atoms with Gasteiger partial charge in [-0.15, -0.1) is 0 Å². The highest BCUT2D eigenvalue weighted by atomic mass is 19.1. The molecule has 29 heavy (non-hydrogen) atoms. The molecule has 4 rings (SSSR count). The summed E-state index contributed by atoms with van der Waals surface area (Å²) in [5.74, 6) is -0.515. The van der Waals surface area contributed by atoms with Gasteiger partial charge in [0.15, 0.2) is 0 Å². The van der Waals surface area contributed by atoms with Crippen molar-refractivity contribution >= 4 is 5.91 Å². The van der Waals surface area contributed by atoms with Gasteiger partial charge in [0.2, 0.25) is 0 Å². The fourth-order valence-corrected chi connectivity index (χ4v) is 3.08. The van der Waals surface area contributed by atoms with E-state index in [4.69, 9.17) is 0 Å². The molecule has 0 aliphatic rings. The second-order valence-electron chi connectivity index (χ2n) is 6.55. The molecule has 0 unspecified atom stereocenters. The Morgan fingerprint density at radius 3 is 2.66 bits per heavy atom. The number of nitrogens with one attached hydrogen (secondary N) is 1. The van der Waals surface area contributed by atoms with Crippen molar-refractivity contribution < 1.29 is 9.18 Å². The van der Waals surface area contributed by atoms with Crippen LogP contribution in [0.1, 0.15) is 15.9 Å². The van der Waals surface area contributed by atoms with Crippen molar-refractivity contribution in [3.8, 4) is 16.9 Å². The Kier molecular flexibility index (Phi) is 5.42. The van der Waals surface area contributed by atoms with Crippen molar-refractivity contribution in [2.75, 3.05) is 6.54 Å². The van der Waals surface area contributed by atoms with Crippen LogP contribution in [0.15, 0.2) is 85.3 Å². The molecule has 5 nitrogen and oxygen atoms in total. The van der Waals surface area contributed by atoms with Crippen LogP contribution in [0.3, 0.4) is 0 Å². The molecule has 0 aliphatic carbocycles. The minimum Gasteiger partial charge on any atom is -0.352 e. The van der Waals surface area contributed by atoms with Gasteiger partial charge in [-0.25, -0.2) is 9.07 Å². The van der Waals surface area contributed by atoms with E-state index >= 15 is 0 Å². The van der Waals surface area contributed by atoms with Crippen LogP contribution in [0.5, 0.6) is 0 Å². The van der Waals surface area contributed by atoms with Crippen LogP contribution in [0.4, 0.5) is 4.39 Å². The summed E-state index contributed by atoms with van der Waals surface area (Å²) in [4.78, 5) is 17.0. The minimum absolute atomic E-state index is 0.234. The fourth-order valence-electron chi connectivity index (χ4n) is 3.08. The minimum atomic E-state index is -0.281. The molecular formula is C23H19FN4O. The smallest absolute Gasteiger partial charge is 0.255 e. The van der Waals surface area contributed by atoms with E-state index in [1.807, 2.05) is 48.5 Å². The summed E-state index contributed by atoms with van der Waals surface area (Å²) in [7, 11) is 0. The van der Waals surface area contributed by atoms with Crippen LogP contribution in [-0.2, 0) is 6.42 Å². The summed E-state index contributed by atoms with van der Waals surface area (Å²) in [5.41, 5.74) is 3.47. The van der Waals surface area contributed by atoms with Crippen molar-refractivity contribution in [3.63, 3.8) is 0 Å². The first-order chi connectivity index (χ1) is 14.2. The number of pyridine rings is 1. The van der Waals surface area contributed by atoms with Gasteiger partial charge in [0.1, 0.15) is 11.5 Å². The van der Waals surface area contributed by atoms with Crippen LogP contribution in [0.25, 0.3) is 16.9 Å². The maximum absolute atomic E-state index is 13.3. The lowest BCUT2D eigenvalue weighted by molar-refractivity contribution is 0.0955. The molecule has 2 aromatic carbocycles. The number of para-hydroxylation sites is 1. The number of hydrogen-bond donors (Lipinski definition) is 1. The predicted molar refractivity (Wildman–Crippen MR) is 109 cm³/mol. The molecule has 6 heteroatoms. The summed E-state index contributed by atoms with van der Waals surface area (Å²) >= 11 is 0. The lowest BCUT2D eigenvalue weighted by Crippen LogP contribution is -2.25. The Hall–Kier alpha value is -3.80. The Morgan fingerprint density at radius 1 is 1.03 bits per heavy atom. The topological polar surface area (TPSA) is 59.8 Å². The van der Waals surface area contributed by atoms with Gasteiger partial charge < -0.3 is 5.32 Å². The van der Waals surface area contributed by atoms with E-state index in [9.17, 15) is 9.18 Å². The zero-order valence-corrected chi connectivity index (χ0v) is 15.6. The van der Waals surface area contributed by atoms with E-state index in [0.717, 1.165) is 16.8 Å². The molecule has 0 aliphatic heterocycles. The quantitative estimate of drug-likeness (QED) is 0.544. The maximum Gasteiger partial charge on any atom is 0.255 e. The average Bonchev–Trinajstić information content (AvgIpc) is 3.21. The number of rotatable bonds is 6. The molecule has 0 radical (unpaired) electrons. The lowest BCUT2D eigenvalue weighted by Gasteiger charge is -2.06. The monoisotopic (exact) mass is 386 g/mol. The maximum atomic E-state index is 13.3. The Morgan fingerprint density at radius 2 is 1.90 bits per heavy atom. The highest BCUT2D eigenvalue weighted by Crippen LogP contribution is 2.23. The van der Waals surface area contributed by atoms with Gasteiger partial charge >= 0.3 is 0 Å². The SMILES string of the molecule is O=C(NCCc1cccc(F)c1)c1cn(-c2ccccc2)nc1-c1cccnc1. The number of hydrogen-bond acceptors (Lipinski definition) is 3. The molecule has 4 aromatic rings. The summed E-state index contributed by atoms with van der Waals surface area (Å²) < 4.78 is 15.0. The van der Waals surface area contributed by atoms with E-state index in [1.165, 1.54) is 12.1 Å². The summed E-state index contributed by atoms with van der Waals surface area (Å²) in [6.07, 6.45) is 5.62. The van der Waals surface area contributed by atoms with Crippen molar-refractivity contribution in [2.24, 2.45) is 0 Å². The molecule has 0 saturated heterocycles. The zero-order chi connectivity index (χ0) is 20.1. The molecule has 0 atom stereocenters. The van der Waals surface area contributed by atoms with Crippen LogP contribution >= 0.6 is 0 Å². The van der Waals surface area contributed by atoms with Gasteiger partial charge in [-0.05, 0) is 48.4 Å². The summed E-state index contributed by atoms with van der Waals surface area (Å²) in [6.45, 7) is 0.394. The highest BCUT2D eigenvalue weighted by Gasteiger charge is 2.18. The largest absolute Gasteiger partial charge is 0.352 e. The van der Waals surface area contributed by atoms with Gasteiger partial charge in [-0.2, -0.15) is 5.10 Å². The second-order valence-corrected chi connectivity index (χ2v) is 6.55. The van der Waals surface area contributed by atoms with E-state index in [1.54, 1.807) is 29.3 Å². The van der Waals surface area contributed by atoms with Gasteiger partial charge in [0, 0.05) is 30.7 Å². The third kappa shape index (κ3) is 4.38. The third-order valence-corrected chi connectivity index (χ3v) is 4.50. The van der Waals surface area contributed by atoms with E-state index in [0.29, 0.717) is 24.2 Å². The van der Waals surface area contributed by atoms with Crippen LogP contribution in [-0.4, -0.2) is 27.2 Å². The molecule has 2 heterocycles. The first kappa shape index (κ1) is 18.6. The molecule has 144 valence electrons. The number of benzene rings is 2. The van der Waals surface area contributed by atoms with Crippen molar-refractivity contribution in [3.05, 3.63) is 102 Å². The first-order valence-electron chi connectivity index (χ1n) is 9.29. The number of aromatic nitrogens is 3. The number of amides is 1. The fraction of sp³-hybridized carbons (Fsp3) is 0.0870. The first-order valence-corrected chi connectivity index (χ1v) is 9.29. The van der Waals surface area contributed by atoms with Gasteiger partial charge in [0.25, 0.3) is 5.91 Å². The van der Waals surface area contributed by atoms with E-state index in [-0.39, 0.29) is 11.7 Å². The van der Waals surface area contributed by atoms with Crippen LogP contribution in [0.2, 0.25) is 0 Å².